The maximum atomic E-state index is 12.0. The first-order chi connectivity index (χ1) is 10.4. The SMILES string of the molecule is CCOC(=O)c1sc2nc(C)nc(NCCN(C)C)c2c1C. The normalized spacial score (nSPS) is 11.2. The molecule has 6 nitrogen and oxygen atoms in total. The summed E-state index contributed by atoms with van der Waals surface area (Å²) in [5.41, 5.74) is 0.880. The fraction of sp³-hybridized carbons (Fsp3) is 0.533. The third-order valence-electron chi connectivity index (χ3n) is 3.21. The zero-order valence-electron chi connectivity index (χ0n) is 13.7. The Morgan fingerprint density at radius 2 is 2.05 bits per heavy atom. The number of thiophene rings is 1. The van der Waals surface area contributed by atoms with Crippen molar-refractivity contribution in [3.05, 3.63) is 16.3 Å². The molecule has 1 N–H and O–H groups in total. The van der Waals surface area contributed by atoms with Crippen LogP contribution in [-0.4, -0.2) is 54.6 Å². The lowest BCUT2D eigenvalue weighted by atomic mass is 10.2. The van der Waals surface area contributed by atoms with E-state index < -0.39 is 0 Å². The summed E-state index contributed by atoms with van der Waals surface area (Å²) in [6.45, 7) is 7.63. The van der Waals surface area contributed by atoms with Gasteiger partial charge in [0.15, 0.2) is 0 Å². The molecule has 2 heterocycles. The summed E-state index contributed by atoms with van der Waals surface area (Å²) in [5.74, 6) is 1.19. The van der Waals surface area contributed by atoms with Gasteiger partial charge in [-0.25, -0.2) is 14.8 Å². The van der Waals surface area contributed by atoms with Crippen LogP contribution < -0.4 is 5.32 Å². The van der Waals surface area contributed by atoms with Gasteiger partial charge in [-0.1, -0.05) is 0 Å². The van der Waals surface area contributed by atoms with Crippen LogP contribution in [0.25, 0.3) is 10.2 Å². The molecule has 2 rings (SSSR count). The van der Waals surface area contributed by atoms with Crippen molar-refractivity contribution in [3.63, 3.8) is 0 Å². The van der Waals surface area contributed by atoms with Gasteiger partial charge >= 0.3 is 5.97 Å². The lowest BCUT2D eigenvalue weighted by Gasteiger charge is -2.12. The minimum atomic E-state index is -0.292. The first-order valence-electron chi connectivity index (χ1n) is 7.27. The highest BCUT2D eigenvalue weighted by molar-refractivity contribution is 7.20. The monoisotopic (exact) mass is 322 g/mol. The molecule has 120 valence electrons. The third kappa shape index (κ3) is 3.53. The molecule has 0 atom stereocenters. The Labute approximate surface area is 134 Å². The summed E-state index contributed by atoms with van der Waals surface area (Å²) in [4.78, 5) is 24.5. The van der Waals surface area contributed by atoms with Crippen LogP contribution in [-0.2, 0) is 4.74 Å². The molecule has 0 saturated carbocycles. The predicted octanol–water partition coefficient (Wildman–Crippen LogP) is 2.46. The Balaban J connectivity index is 2.41. The number of ether oxygens (including phenoxy) is 1. The largest absolute Gasteiger partial charge is 0.462 e. The Hall–Kier alpha value is -1.73. The molecule has 0 aliphatic heterocycles. The predicted molar refractivity (Wildman–Crippen MR) is 89.9 cm³/mol. The van der Waals surface area contributed by atoms with Gasteiger partial charge in [-0.05, 0) is 40.4 Å². The van der Waals surface area contributed by atoms with Crippen LogP contribution in [0.1, 0.15) is 28.0 Å². The van der Waals surface area contributed by atoms with Crippen molar-refractivity contribution in [2.75, 3.05) is 39.1 Å². The molecule has 0 aliphatic carbocycles. The second kappa shape index (κ2) is 7.02. The highest BCUT2D eigenvalue weighted by Crippen LogP contribution is 2.34. The van der Waals surface area contributed by atoms with E-state index in [9.17, 15) is 4.79 Å². The van der Waals surface area contributed by atoms with Crippen molar-refractivity contribution in [2.24, 2.45) is 0 Å². The number of rotatable bonds is 6. The number of likely N-dealkylation sites (N-methyl/N-ethyl adjacent to an activating group) is 1. The van der Waals surface area contributed by atoms with E-state index in [1.165, 1.54) is 11.3 Å². The zero-order chi connectivity index (χ0) is 16.3. The molecular weight excluding hydrogens is 300 g/mol. The van der Waals surface area contributed by atoms with Crippen molar-refractivity contribution in [1.82, 2.24) is 14.9 Å². The van der Waals surface area contributed by atoms with E-state index in [4.69, 9.17) is 4.74 Å². The number of carbonyl (C=O) groups is 1. The molecule has 0 saturated heterocycles. The molecule has 0 fully saturated rings. The first-order valence-corrected chi connectivity index (χ1v) is 8.09. The van der Waals surface area contributed by atoms with E-state index >= 15 is 0 Å². The lowest BCUT2D eigenvalue weighted by Crippen LogP contribution is -2.21. The maximum Gasteiger partial charge on any atom is 0.348 e. The van der Waals surface area contributed by atoms with E-state index in [2.05, 4.69) is 20.2 Å². The number of anilines is 1. The van der Waals surface area contributed by atoms with Crippen LogP contribution in [0.4, 0.5) is 5.82 Å². The molecule has 0 aliphatic rings. The second-order valence-corrected chi connectivity index (χ2v) is 6.31. The number of esters is 1. The maximum absolute atomic E-state index is 12.0. The highest BCUT2D eigenvalue weighted by Gasteiger charge is 2.20. The van der Waals surface area contributed by atoms with Crippen molar-refractivity contribution < 1.29 is 9.53 Å². The van der Waals surface area contributed by atoms with E-state index in [0.717, 1.165) is 34.7 Å². The summed E-state index contributed by atoms with van der Waals surface area (Å²) >= 11 is 1.36. The minimum absolute atomic E-state index is 0.292. The van der Waals surface area contributed by atoms with Crippen molar-refractivity contribution >= 4 is 33.3 Å². The standard InChI is InChI=1S/C15H22N4O2S/c1-6-21-15(20)12-9(2)11-13(16-7-8-19(4)5)17-10(3)18-14(11)22-12/h6-8H2,1-5H3,(H,16,17,18). The highest BCUT2D eigenvalue weighted by atomic mass is 32.1. The Bertz CT molecular complexity index is 682. The molecule has 7 heteroatoms. The Morgan fingerprint density at radius 1 is 1.32 bits per heavy atom. The Morgan fingerprint density at radius 3 is 2.68 bits per heavy atom. The fourth-order valence-electron chi connectivity index (χ4n) is 2.16. The summed E-state index contributed by atoms with van der Waals surface area (Å²) in [6, 6.07) is 0. The minimum Gasteiger partial charge on any atom is -0.462 e. The molecule has 2 aromatic heterocycles. The second-order valence-electron chi connectivity index (χ2n) is 5.31. The van der Waals surface area contributed by atoms with Crippen LogP contribution in [0.5, 0.6) is 0 Å². The smallest absolute Gasteiger partial charge is 0.348 e. The average molecular weight is 322 g/mol. The average Bonchev–Trinajstić information content (AvgIpc) is 2.75. The summed E-state index contributed by atoms with van der Waals surface area (Å²) in [6.07, 6.45) is 0. The van der Waals surface area contributed by atoms with Crippen LogP contribution in [0.15, 0.2) is 0 Å². The van der Waals surface area contributed by atoms with E-state index in [0.29, 0.717) is 17.3 Å². The van der Waals surface area contributed by atoms with Crippen molar-refractivity contribution in [2.45, 2.75) is 20.8 Å². The molecule has 0 bridgehead atoms. The molecule has 0 spiro atoms. The van der Waals surface area contributed by atoms with Crippen molar-refractivity contribution in [3.8, 4) is 0 Å². The molecule has 0 unspecified atom stereocenters. The number of aromatic nitrogens is 2. The van der Waals surface area contributed by atoms with Crippen LogP contribution in [0.2, 0.25) is 0 Å². The molecular formula is C15H22N4O2S. The molecule has 2 aromatic rings. The number of fused-ring (bicyclic) bond motifs is 1. The van der Waals surface area contributed by atoms with Crippen LogP contribution in [0.3, 0.4) is 0 Å². The van der Waals surface area contributed by atoms with Gasteiger partial charge in [-0.3, -0.25) is 0 Å². The molecule has 0 aromatic carbocycles. The topological polar surface area (TPSA) is 67.3 Å². The van der Waals surface area contributed by atoms with Crippen molar-refractivity contribution in [1.29, 1.82) is 0 Å². The number of nitrogens with zero attached hydrogens (tertiary/aromatic N) is 3. The van der Waals surface area contributed by atoms with Gasteiger partial charge in [-0.15, -0.1) is 11.3 Å². The quantitative estimate of drug-likeness (QED) is 0.824. The molecule has 0 radical (unpaired) electrons. The van der Waals surface area contributed by atoms with Gasteiger partial charge < -0.3 is 15.0 Å². The number of hydrogen-bond acceptors (Lipinski definition) is 7. The number of nitrogens with one attached hydrogen (secondary N) is 1. The summed E-state index contributed by atoms with van der Waals surface area (Å²) in [5, 5.41) is 4.26. The van der Waals surface area contributed by atoms with Crippen LogP contribution in [0, 0.1) is 13.8 Å². The third-order valence-corrected chi connectivity index (χ3v) is 4.38. The van der Waals surface area contributed by atoms with E-state index in [1.807, 2.05) is 27.9 Å². The number of hydrogen-bond donors (Lipinski definition) is 1. The lowest BCUT2D eigenvalue weighted by molar-refractivity contribution is 0.0531. The van der Waals surface area contributed by atoms with Gasteiger partial charge in [0.05, 0.1) is 12.0 Å². The molecule has 22 heavy (non-hydrogen) atoms. The fourth-order valence-corrected chi connectivity index (χ4v) is 3.28. The number of aryl methyl sites for hydroxylation is 2. The summed E-state index contributed by atoms with van der Waals surface area (Å²) < 4.78 is 5.12. The Kier molecular flexibility index (Phi) is 5.31. The number of carbonyl (C=O) groups excluding carboxylic acids is 1. The molecule has 0 amide bonds. The van der Waals surface area contributed by atoms with E-state index in [1.54, 1.807) is 6.92 Å². The van der Waals surface area contributed by atoms with Gasteiger partial charge in [0.25, 0.3) is 0 Å². The van der Waals surface area contributed by atoms with E-state index in [-0.39, 0.29) is 5.97 Å². The van der Waals surface area contributed by atoms with Gasteiger partial charge in [0.2, 0.25) is 0 Å². The zero-order valence-corrected chi connectivity index (χ0v) is 14.5. The van der Waals surface area contributed by atoms with Crippen LogP contribution >= 0.6 is 11.3 Å². The summed E-state index contributed by atoms with van der Waals surface area (Å²) in [7, 11) is 4.05. The van der Waals surface area contributed by atoms with Gasteiger partial charge in [0, 0.05) is 13.1 Å². The van der Waals surface area contributed by atoms with Gasteiger partial charge in [0.1, 0.15) is 21.3 Å². The first kappa shape index (κ1) is 16.6. The van der Waals surface area contributed by atoms with Gasteiger partial charge in [-0.2, -0.15) is 0 Å².